The molecule has 0 aliphatic rings. The Morgan fingerprint density at radius 3 is 2.77 bits per heavy atom. The van der Waals surface area contributed by atoms with Gasteiger partial charge in [-0.3, -0.25) is 0 Å². The van der Waals surface area contributed by atoms with Crippen molar-refractivity contribution in [1.82, 2.24) is 4.98 Å². The van der Waals surface area contributed by atoms with Gasteiger partial charge in [0.15, 0.2) is 0 Å². The molecule has 0 amide bonds. The molecular formula is C9H4BrCl2N. The van der Waals surface area contributed by atoms with Crippen molar-refractivity contribution >= 4 is 50.0 Å². The predicted molar refractivity (Wildman–Crippen MR) is 59.5 cm³/mol. The SMILES string of the molecule is Clc1nc2c(Cl)cccc2cc1Br. The van der Waals surface area contributed by atoms with Crippen molar-refractivity contribution in [2.45, 2.75) is 0 Å². The van der Waals surface area contributed by atoms with Crippen molar-refractivity contribution in [3.63, 3.8) is 0 Å². The third kappa shape index (κ3) is 1.66. The molecule has 0 aliphatic carbocycles. The lowest BCUT2D eigenvalue weighted by Crippen LogP contribution is -1.82. The molecule has 4 heteroatoms. The van der Waals surface area contributed by atoms with Gasteiger partial charge < -0.3 is 0 Å². The fourth-order valence-corrected chi connectivity index (χ4v) is 1.81. The van der Waals surface area contributed by atoms with Crippen LogP contribution in [0.2, 0.25) is 10.2 Å². The molecule has 1 aromatic carbocycles. The van der Waals surface area contributed by atoms with E-state index >= 15 is 0 Å². The number of halogens is 3. The summed E-state index contributed by atoms with van der Waals surface area (Å²) in [6.07, 6.45) is 0. The highest BCUT2D eigenvalue weighted by atomic mass is 79.9. The molecule has 0 bridgehead atoms. The fourth-order valence-electron chi connectivity index (χ4n) is 1.11. The Hall–Kier alpha value is -0.310. The lowest BCUT2D eigenvalue weighted by atomic mass is 10.2. The summed E-state index contributed by atoms with van der Waals surface area (Å²) >= 11 is 15.1. The molecule has 1 heterocycles. The summed E-state index contributed by atoms with van der Waals surface area (Å²) in [5, 5.41) is 2.02. The van der Waals surface area contributed by atoms with Gasteiger partial charge >= 0.3 is 0 Å². The highest BCUT2D eigenvalue weighted by Crippen LogP contribution is 2.28. The van der Waals surface area contributed by atoms with Gasteiger partial charge in [0, 0.05) is 5.39 Å². The van der Waals surface area contributed by atoms with Gasteiger partial charge in [0.2, 0.25) is 0 Å². The number of para-hydroxylation sites is 1. The average Bonchev–Trinajstić information content (AvgIpc) is 2.09. The van der Waals surface area contributed by atoms with Gasteiger partial charge in [-0.15, -0.1) is 0 Å². The monoisotopic (exact) mass is 275 g/mol. The number of hydrogen-bond acceptors (Lipinski definition) is 1. The maximum atomic E-state index is 5.94. The smallest absolute Gasteiger partial charge is 0.144 e. The Balaban J connectivity index is 2.89. The second-order valence-corrected chi connectivity index (χ2v) is 4.19. The van der Waals surface area contributed by atoms with Gasteiger partial charge in [-0.05, 0) is 28.1 Å². The van der Waals surface area contributed by atoms with Crippen LogP contribution in [0.3, 0.4) is 0 Å². The summed E-state index contributed by atoms with van der Waals surface area (Å²) in [6.45, 7) is 0. The van der Waals surface area contributed by atoms with E-state index in [9.17, 15) is 0 Å². The van der Waals surface area contributed by atoms with Crippen molar-refractivity contribution in [2.75, 3.05) is 0 Å². The van der Waals surface area contributed by atoms with E-state index in [2.05, 4.69) is 20.9 Å². The number of pyridine rings is 1. The van der Waals surface area contributed by atoms with E-state index in [-0.39, 0.29) is 0 Å². The van der Waals surface area contributed by atoms with Crippen LogP contribution in [0.25, 0.3) is 10.9 Å². The molecule has 0 saturated carbocycles. The van der Waals surface area contributed by atoms with Crippen LogP contribution in [0.4, 0.5) is 0 Å². The van der Waals surface area contributed by atoms with Crippen LogP contribution in [0.5, 0.6) is 0 Å². The summed E-state index contributed by atoms with van der Waals surface area (Å²) in [5.41, 5.74) is 0.734. The first-order valence-electron chi connectivity index (χ1n) is 3.59. The molecule has 13 heavy (non-hydrogen) atoms. The Labute approximate surface area is 93.8 Å². The quantitative estimate of drug-likeness (QED) is 0.654. The van der Waals surface area contributed by atoms with Crippen molar-refractivity contribution < 1.29 is 0 Å². The second-order valence-electron chi connectivity index (χ2n) is 2.57. The van der Waals surface area contributed by atoms with Crippen molar-refractivity contribution in [2.24, 2.45) is 0 Å². The van der Waals surface area contributed by atoms with Gasteiger partial charge in [-0.2, -0.15) is 0 Å². The minimum absolute atomic E-state index is 0.431. The van der Waals surface area contributed by atoms with Crippen molar-refractivity contribution in [3.05, 3.63) is 38.9 Å². The Morgan fingerprint density at radius 2 is 2.00 bits per heavy atom. The molecule has 0 aliphatic heterocycles. The Bertz CT molecular complexity index is 470. The zero-order valence-electron chi connectivity index (χ0n) is 6.39. The number of nitrogens with zero attached hydrogens (tertiary/aromatic N) is 1. The summed E-state index contributed by atoms with van der Waals surface area (Å²) in [7, 11) is 0. The van der Waals surface area contributed by atoms with Gasteiger partial charge in [0.1, 0.15) is 5.15 Å². The van der Waals surface area contributed by atoms with Gasteiger partial charge in [0.25, 0.3) is 0 Å². The zero-order valence-corrected chi connectivity index (χ0v) is 9.49. The first kappa shape index (κ1) is 9.25. The highest BCUT2D eigenvalue weighted by molar-refractivity contribution is 9.10. The van der Waals surface area contributed by atoms with E-state index in [0.29, 0.717) is 10.2 Å². The lowest BCUT2D eigenvalue weighted by Gasteiger charge is -2.01. The van der Waals surface area contributed by atoms with Gasteiger partial charge in [-0.1, -0.05) is 35.3 Å². The summed E-state index contributed by atoms with van der Waals surface area (Å²) in [5.74, 6) is 0. The van der Waals surface area contributed by atoms with Crippen LogP contribution in [0, 0.1) is 0 Å². The van der Waals surface area contributed by atoms with Crippen LogP contribution in [-0.4, -0.2) is 4.98 Å². The molecule has 0 radical (unpaired) electrons. The molecule has 0 spiro atoms. The Kier molecular flexibility index (Phi) is 2.45. The minimum Gasteiger partial charge on any atom is -0.233 e. The first-order valence-corrected chi connectivity index (χ1v) is 5.13. The van der Waals surface area contributed by atoms with Crippen LogP contribution < -0.4 is 0 Å². The van der Waals surface area contributed by atoms with Gasteiger partial charge in [-0.25, -0.2) is 4.98 Å². The van der Waals surface area contributed by atoms with E-state index in [1.807, 2.05) is 18.2 Å². The molecule has 0 saturated heterocycles. The number of fused-ring (bicyclic) bond motifs is 1. The number of rotatable bonds is 0. The Morgan fingerprint density at radius 1 is 1.23 bits per heavy atom. The molecule has 2 rings (SSSR count). The fraction of sp³-hybridized carbons (Fsp3) is 0. The van der Waals surface area contributed by atoms with Crippen LogP contribution in [0.15, 0.2) is 28.7 Å². The largest absolute Gasteiger partial charge is 0.233 e. The van der Waals surface area contributed by atoms with E-state index in [1.165, 1.54) is 0 Å². The van der Waals surface area contributed by atoms with E-state index in [0.717, 1.165) is 15.4 Å². The van der Waals surface area contributed by atoms with E-state index in [4.69, 9.17) is 23.2 Å². The predicted octanol–water partition coefficient (Wildman–Crippen LogP) is 4.30. The van der Waals surface area contributed by atoms with Crippen LogP contribution >= 0.6 is 39.1 Å². The molecule has 0 N–H and O–H groups in total. The third-order valence-corrected chi connectivity index (χ3v) is 3.13. The molecule has 0 unspecified atom stereocenters. The zero-order chi connectivity index (χ0) is 9.42. The molecule has 0 fully saturated rings. The first-order chi connectivity index (χ1) is 6.18. The summed E-state index contributed by atoms with van der Waals surface area (Å²) in [6, 6.07) is 7.51. The normalized spacial score (nSPS) is 10.7. The lowest BCUT2D eigenvalue weighted by molar-refractivity contribution is 1.39. The maximum absolute atomic E-state index is 5.94. The highest BCUT2D eigenvalue weighted by Gasteiger charge is 2.04. The van der Waals surface area contributed by atoms with Crippen LogP contribution in [-0.2, 0) is 0 Å². The van der Waals surface area contributed by atoms with Crippen molar-refractivity contribution in [3.8, 4) is 0 Å². The van der Waals surface area contributed by atoms with Crippen molar-refractivity contribution in [1.29, 1.82) is 0 Å². The maximum Gasteiger partial charge on any atom is 0.144 e. The molecule has 0 atom stereocenters. The number of benzene rings is 1. The van der Waals surface area contributed by atoms with E-state index < -0.39 is 0 Å². The molecule has 1 aromatic heterocycles. The molecule has 2 aromatic rings. The van der Waals surface area contributed by atoms with Gasteiger partial charge in [0.05, 0.1) is 15.0 Å². The molecule has 66 valence electrons. The molecular weight excluding hydrogens is 273 g/mol. The van der Waals surface area contributed by atoms with Crippen LogP contribution in [0.1, 0.15) is 0 Å². The third-order valence-electron chi connectivity index (χ3n) is 1.71. The molecule has 1 nitrogen and oxygen atoms in total. The topological polar surface area (TPSA) is 12.9 Å². The second kappa shape index (κ2) is 3.45. The summed E-state index contributed by atoms with van der Waals surface area (Å²) < 4.78 is 0.781. The summed E-state index contributed by atoms with van der Waals surface area (Å²) in [4.78, 5) is 4.16. The average molecular weight is 277 g/mol. The minimum atomic E-state index is 0.431. The number of aromatic nitrogens is 1. The standard InChI is InChI=1S/C9H4BrCl2N/c10-6-4-5-2-1-3-7(11)8(5)13-9(6)12/h1-4H. The number of hydrogen-bond donors (Lipinski definition) is 0. The van der Waals surface area contributed by atoms with E-state index in [1.54, 1.807) is 6.07 Å².